The van der Waals surface area contributed by atoms with E-state index >= 15 is 0 Å². The molecular formula is C17H31S+. The van der Waals surface area contributed by atoms with E-state index in [2.05, 4.69) is 37.8 Å². The fourth-order valence-electron chi connectivity index (χ4n) is 0.939. The average molecular weight is 268 g/mol. The van der Waals surface area contributed by atoms with Crippen LogP contribution in [0.3, 0.4) is 0 Å². The van der Waals surface area contributed by atoms with E-state index in [0.717, 1.165) is 0 Å². The molecule has 18 heavy (non-hydrogen) atoms. The first-order chi connectivity index (χ1) is 8.78. The van der Waals surface area contributed by atoms with E-state index < -0.39 is 0 Å². The van der Waals surface area contributed by atoms with Gasteiger partial charge in [-0.3, -0.25) is 0 Å². The Morgan fingerprint density at radius 3 is 1.61 bits per heavy atom. The standard InChI is InChI=1S/C13H18S.2C2H6/c1-5-9-12(8-4)14-13(10-6-2)11-7-3;2*1-2/h5-11H,2H2,1,3-4H3;2*1-2H3/p+1/b9-5-,11-7-,12-8+,13-10+;;. The molecule has 0 spiro atoms. The smallest absolute Gasteiger partial charge is 0.0989 e. The Hall–Kier alpha value is -0.950. The van der Waals surface area contributed by atoms with Gasteiger partial charge in [-0.15, -0.1) is 0 Å². The van der Waals surface area contributed by atoms with E-state index in [1.165, 1.54) is 21.6 Å². The summed E-state index contributed by atoms with van der Waals surface area (Å²) in [4.78, 5) is 2.56. The van der Waals surface area contributed by atoms with Gasteiger partial charge in [-0.1, -0.05) is 52.5 Å². The van der Waals surface area contributed by atoms with E-state index in [4.69, 9.17) is 0 Å². The highest BCUT2D eigenvalue weighted by Crippen LogP contribution is 2.10. The molecule has 104 valence electrons. The molecule has 0 bridgehead atoms. The molecule has 0 atom stereocenters. The molecule has 0 aliphatic rings. The van der Waals surface area contributed by atoms with Crippen molar-refractivity contribution < 1.29 is 0 Å². The summed E-state index contributed by atoms with van der Waals surface area (Å²) >= 11 is 1.23. The van der Waals surface area contributed by atoms with Gasteiger partial charge in [0, 0.05) is 11.8 Å². The highest BCUT2D eigenvalue weighted by Gasteiger charge is 2.05. The molecule has 0 N–H and O–H groups in total. The minimum absolute atomic E-state index is 1.23. The van der Waals surface area contributed by atoms with E-state index in [-0.39, 0.29) is 0 Å². The van der Waals surface area contributed by atoms with Crippen LogP contribution < -0.4 is 0 Å². The van der Waals surface area contributed by atoms with Crippen molar-refractivity contribution in [3.05, 3.63) is 58.9 Å². The predicted molar refractivity (Wildman–Crippen MR) is 93.1 cm³/mol. The lowest BCUT2D eigenvalue weighted by atomic mass is 10.4. The Bertz CT molecular complexity index is 278. The second kappa shape index (κ2) is 21.3. The lowest BCUT2D eigenvalue weighted by Gasteiger charge is -1.91. The molecule has 0 aromatic carbocycles. The Labute approximate surface area is 119 Å². The Morgan fingerprint density at radius 2 is 1.28 bits per heavy atom. The molecule has 0 saturated heterocycles. The van der Waals surface area contributed by atoms with Crippen LogP contribution >= 0.6 is 0 Å². The molecule has 0 aliphatic heterocycles. The maximum atomic E-state index is 3.71. The summed E-state index contributed by atoms with van der Waals surface area (Å²) in [6.45, 7) is 17.8. The van der Waals surface area contributed by atoms with Crippen molar-refractivity contribution in [3.63, 3.8) is 0 Å². The molecule has 0 heterocycles. The van der Waals surface area contributed by atoms with Gasteiger partial charge in [-0.2, -0.15) is 0 Å². The Morgan fingerprint density at radius 1 is 0.833 bits per heavy atom. The molecule has 0 aromatic rings. The molecule has 0 nitrogen and oxygen atoms in total. The normalized spacial score (nSPS) is 11.7. The van der Waals surface area contributed by atoms with Gasteiger partial charge in [-0.25, -0.2) is 0 Å². The van der Waals surface area contributed by atoms with Crippen molar-refractivity contribution in [3.8, 4) is 0 Å². The van der Waals surface area contributed by atoms with Gasteiger partial charge >= 0.3 is 0 Å². The molecule has 1 heteroatoms. The van der Waals surface area contributed by atoms with Crippen molar-refractivity contribution in [2.45, 2.75) is 48.5 Å². The van der Waals surface area contributed by atoms with E-state index in [9.17, 15) is 0 Å². The maximum absolute atomic E-state index is 3.71. The lowest BCUT2D eigenvalue weighted by Crippen LogP contribution is -1.86. The average Bonchev–Trinajstić information content (AvgIpc) is 2.43. The molecule has 0 aromatic heterocycles. The van der Waals surface area contributed by atoms with Gasteiger partial charge in [0.05, 0.1) is 0 Å². The van der Waals surface area contributed by atoms with Gasteiger partial charge in [0.15, 0.2) is 9.81 Å². The van der Waals surface area contributed by atoms with E-state index in [0.29, 0.717) is 0 Å². The second-order valence-corrected chi connectivity index (χ2v) is 3.91. The summed E-state index contributed by atoms with van der Waals surface area (Å²) < 4.78 is 0. The molecule has 0 unspecified atom stereocenters. The molecule has 0 saturated carbocycles. The van der Waals surface area contributed by atoms with Crippen molar-refractivity contribution in [1.29, 1.82) is 0 Å². The summed E-state index contributed by atoms with van der Waals surface area (Å²) in [5.74, 6) is 0. The molecule has 0 rings (SSSR count). The highest BCUT2D eigenvalue weighted by atomic mass is 32.2. The zero-order chi connectivity index (χ0) is 14.8. The zero-order valence-corrected chi connectivity index (χ0v) is 14.1. The van der Waals surface area contributed by atoms with Crippen LogP contribution in [0.5, 0.6) is 0 Å². The summed E-state index contributed by atoms with van der Waals surface area (Å²) in [5.41, 5.74) is 0. The third-order valence-electron chi connectivity index (χ3n) is 1.52. The Balaban J connectivity index is -0.000000506. The van der Waals surface area contributed by atoms with Crippen LogP contribution in [0.1, 0.15) is 48.5 Å². The molecule has 0 radical (unpaired) electrons. The minimum atomic E-state index is 1.23. The number of rotatable bonds is 5. The highest BCUT2D eigenvalue weighted by molar-refractivity contribution is 7.87. The summed E-state index contributed by atoms with van der Waals surface area (Å²) in [5, 5.41) is 0. The van der Waals surface area contributed by atoms with Gasteiger partial charge < -0.3 is 0 Å². The SMILES string of the molecule is C=C/C=C(\C=C/C)[SH+]C(/C=C\C)=C/C.CC.CC. The van der Waals surface area contributed by atoms with Crippen molar-refractivity contribution >= 4 is 11.8 Å². The van der Waals surface area contributed by atoms with Crippen LogP contribution in [0, 0.1) is 0 Å². The van der Waals surface area contributed by atoms with Crippen LogP contribution in [0.4, 0.5) is 0 Å². The fourth-order valence-corrected chi connectivity index (χ4v) is 1.99. The van der Waals surface area contributed by atoms with Gasteiger partial charge in [0.1, 0.15) is 0 Å². The van der Waals surface area contributed by atoms with Crippen LogP contribution in [-0.4, -0.2) is 0 Å². The third-order valence-corrected chi connectivity index (χ3v) is 2.74. The summed E-state index contributed by atoms with van der Waals surface area (Å²) in [6.07, 6.45) is 14.3. The monoisotopic (exact) mass is 267 g/mol. The van der Waals surface area contributed by atoms with E-state index in [1.807, 2.05) is 59.8 Å². The van der Waals surface area contributed by atoms with Crippen molar-refractivity contribution in [2.24, 2.45) is 0 Å². The molecule has 0 aliphatic carbocycles. The topological polar surface area (TPSA) is 0 Å². The second-order valence-electron chi connectivity index (χ2n) is 2.65. The number of hydrogen-bond acceptors (Lipinski definition) is 0. The van der Waals surface area contributed by atoms with Crippen molar-refractivity contribution in [2.75, 3.05) is 0 Å². The maximum Gasteiger partial charge on any atom is 0.157 e. The predicted octanol–water partition coefficient (Wildman–Crippen LogP) is 5.98. The first-order valence-electron chi connectivity index (χ1n) is 6.74. The van der Waals surface area contributed by atoms with Crippen LogP contribution in [-0.2, 0) is 11.8 Å². The molecule has 0 amide bonds. The number of allylic oxidation sites excluding steroid dienone is 7. The summed E-state index contributed by atoms with van der Waals surface area (Å²) in [7, 11) is 0. The van der Waals surface area contributed by atoms with Crippen LogP contribution in [0.2, 0.25) is 0 Å². The van der Waals surface area contributed by atoms with Gasteiger partial charge in [0.25, 0.3) is 0 Å². The quantitative estimate of drug-likeness (QED) is 0.326. The molecular weight excluding hydrogens is 236 g/mol. The lowest BCUT2D eigenvalue weighted by molar-refractivity contribution is 1.50. The van der Waals surface area contributed by atoms with Gasteiger partial charge in [0.2, 0.25) is 0 Å². The minimum Gasteiger partial charge on any atom is -0.0989 e. The first-order valence-corrected chi connectivity index (χ1v) is 7.64. The Kier molecular flexibility index (Phi) is 26.4. The summed E-state index contributed by atoms with van der Waals surface area (Å²) in [6, 6.07) is 0. The number of thiol groups is 1. The van der Waals surface area contributed by atoms with Crippen molar-refractivity contribution in [1.82, 2.24) is 0 Å². The number of hydrogen-bond donors (Lipinski definition) is 0. The van der Waals surface area contributed by atoms with Crippen LogP contribution in [0.15, 0.2) is 58.9 Å². The molecule has 0 fully saturated rings. The van der Waals surface area contributed by atoms with E-state index in [1.54, 1.807) is 0 Å². The van der Waals surface area contributed by atoms with Crippen LogP contribution in [0.25, 0.3) is 0 Å². The van der Waals surface area contributed by atoms with Gasteiger partial charge in [-0.05, 0) is 45.1 Å². The largest absolute Gasteiger partial charge is 0.157 e. The first kappa shape index (κ1) is 22.2. The zero-order valence-electron chi connectivity index (χ0n) is 13.2. The fraction of sp³-hybridized carbons (Fsp3) is 0.412. The third kappa shape index (κ3) is 15.0.